The smallest absolute Gasteiger partial charge is 0.340 e. The Labute approximate surface area is 664 Å². The molecule has 0 saturated carbocycles. The number of ketones is 5. The third-order valence-corrected chi connectivity index (χ3v) is 19.8. The highest BCUT2D eigenvalue weighted by atomic mass is 16.8. The predicted molar refractivity (Wildman–Crippen MR) is 409 cm³/mol. The van der Waals surface area contributed by atoms with Crippen LogP contribution in [0.4, 0.5) is 0 Å². The molecule has 6 aliphatic rings. The summed E-state index contributed by atoms with van der Waals surface area (Å²) in [5.41, 5.74) is 1.31. The maximum Gasteiger partial charge on any atom is 0.340 e. The molecule has 1 aromatic carbocycles. The molecule has 0 spiro atoms. The highest BCUT2D eigenvalue weighted by molar-refractivity contribution is 6.04. The molecule has 0 amide bonds. The van der Waals surface area contributed by atoms with E-state index in [1.54, 1.807) is 60.7 Å². The third kappa shape index (κ3) is 36.5. The molecule has 6 fully saturated rings. The zero-order valence-electron chi connectivity index (χ0n) is 68.4. The van der Waals surface area contributed by atoms with Crippen molar-refractivity contribution in [1.29, 1.82) is 0 Å². The number of carbonyl (C=O) groups is 6. The number of para-hydroxylation sites is 1. The number of ether oxygens (including phenoxy) is 13. The summed E-state index contributed by atoms with van der Waals surface area (Å²) in [5.74, 6) is -0.0985. The van der Waals surface area contributed by atoms with Crippen LogP contribution in [0, 0.1) is 0 Å². The number of fused-ring (bicyclic) bond motifs is 1. The Hall–Kier alpha value is -4.90. The number of unbranched alkanes of at least 4 members (excludes halogenated alkanes) is 2. The van der Waals surface area contributed by atoms with Gasteiger partial charge in [-0.2, -0.15) is 0 Å². The summed E-state index contributed by atoms with van der Waals surface area (Å²) < 4.78 is 72.9. The van der Waals surface area contributed by atoms with E-state index in [4.69, 9.17) is 61.6 Å². The number of nitrogens with one attached hydrogen (secondary N) is 1. The van der Waals surface area contributed by atoms with Gasteiger partial charge in [0.05, 0.1) is 97.6 Å². The van der Waals surface area contributed by atoms with E-state index >= 15 is 0 Å². The van der Waals surface area contributed by atoms with Crippen LogP contribution >= 0.6 is 0 Å². The van der Waals surface area contributed by atoms with Crippen molar-refractivity contribution in [3.05, 3.63) is 60.3 Å². The SMILES string of the molecule is CC(=O)/C=C/CCCC[C@@H](C)O[C@@H]1OC(C)[C@H](O)CC1O.CC(=O)/C=C/CC[C@@H](C)O[C@@H]1OC(C)[C@H](O)CC1O.CC(=O)CC[C@@H](C)O[C@@H]1OC(C)[C@H](O)CC1O.CC(=O)CC[C@@H](C)O[C@@H]1OC(C)[C@H](O)CC1O[C@@H]1OC(CO)[C@@H](O)[C@H](O)C1O.CC(=O)CC[C@@H](C)O[C@@H]1OC(C)[C@H](OC(=O)c2c[nH]c3ccccc23)CC1O. The van der Waals surface area contributed by atoms with E-state index in [2.05, 4.69) is 4.98 Å². The van der Waals surface area contributed by atoms with Gasteiger partial charge in [0.25, 0.3) is 0 Å². The van der Waals surface area contributed by atoms with Gasteiger partial charge >= 0.3 is 5.97 Å². The lowest BCUT2D eigenvalue weighted by Crippen LogP contribution is -2.61. The summed E-state index contributed by atoms with van der Waals surface area (Å²) in [6.07, 6.45) is -3.37. The number of aliphatic hydroxyl groups is 12. The fraction of sp³-hybridized carbons (Fsp3) is 0.778. The van der Waals surface area contributed by atoms with Crippen LogP contribution in [0.3, 0.4) is 0 Å². The van der Waals surface area contributed by atoms with E-state index in [9.17, 15) is 90.0 Å². The Morgan fingerprint density at radius 2 is 0.814 bits per heavy atom. The Morgan fingerprint density at radius 1 is 0.434 bits per heavy atom. The molecule has 0 bridgehead atoms. The topological polar surface area (TPSA) is 481 Å². The summed E-state index contributed by atoms with van der Waals surface area (Å²) in [6, 6.07) is 7.49. The van der Waals surface area contributed by atoms with Crippen LogP contribution in [0.1, 0.15) is 223 Å². The van der Waals surface area contributed by atoms with Gasteiger partial charge in [0.15, 0.2) is 49.3 Å². The highest BCUT2D eigenvalue weighted by Gasteiger charge is 2.48. The van der Waals surface area contributed by atoms with E-state index in [1.807, 2.05) is 64.1 Å². The second kappa shape index (κ2) is 51.4. The van der Waals surface area contributed by atoms with Crippen molar-refractivity contribution in [2.75, 3.05) is 6.61 Å². The maximum atomic E-state index is 12.6. The highest BCUT2D eigenvalue weighted by Crippen LogP contribution is 2.33. The monoisotopic (exact) mass is 1620 g/mol. The first-order chi connectivity index (χ1) is 53.2. The molecule has 8 rings (SSSR count). The molecule has 32 nitrogen and oxygen atoms in total. The molecular weight excluding hydrogens is 1480 g/mol. The maximum absolute atomic E-state index is 12.6. The Bertz CT molecular complexity index is 3150. The van der Waals surface area contributed by atoms with Gasteiger partial charge in [-0.05, 0) is 173 Å². The van der Waals surface area contributed by atoms with Gasteiger partial charge in [0.1, 0.15) is 78.4 Å². The largest absolute Gasteiger partial charge is 0.456 e. The molecule has 1 aromatic heterocycles. The zero-order chi connectivity index (χ0) is 84.5. The van der Waals surface area contributed by atoms with E-state index in [0.29, 0.717) is 44.1 Å². The first kappa shape index (κ1) is 100. The van der Waals surface area contributed by atoms with E-state index in [0.717, 1.165) is 49.4 Å². The number of Topliss-reactive ketones (excluding diaryl/α,β-unsaturated/α-hetero) is 3. The second-order valence-electron chi connectivity index (χ2n) is 30.7. The van der Waals surface area contributed by atoms with Crippen molar-refractivity contribution in [1.82, 2.24) is 4.98 Å². The molecule has 13 N–H and O–H groups in total. The lowest BCUT2D eigenvalue weighted by molar-refractivity contribution is -0.352. The van der Waals surface area contributed by atoms with Crippen molar-refractivity contribution in [3.8, 4) is 0 Å². The molecule has 7 heterocycles. The minimum atomic E-state index is -1.57. The molecule has 6 aliphatic heterocycles. The number of esters is 1. The summed E-state index contributed by atoms with van der Waals surface area (Å²) in [6.45, 7) is 25.1. The van der Waals surface area contributed by atoms with Crippen LogP contribution < -0.4 is 0 Å². The van der Waals surface area contributed by atoms with Crippen molar-refractivity contribution >= 4 is 45.8 Å². The first-order valence-corrected chi connectivity index (χ1v) is 39.7. The number of hydrogen-bond acceptors (Lipinski definition) is 31. The van der Waals surface area contributed by atoms with Gasteiger partial charge in [-0.1, -0.05) is 36.8 Å². The summed E-state index contributed by atoms with van der Waals surface area (Å²) >= 11 is 0. The summed E-state index contributed by atoms with van der Waals surface area (Å²) in [7, 11) is 0. The predicted octanol–water partition coefficient (Wildman–Crippen LogP) is 5.15. The molecule has 0 radical (unpaired) electrons. The Kier molecular flexibility index (Phi) is 45.7. The number of rotatable bonds is 34. The summed E-state index contributed by atoms with van der Waals surface area (Å²) in [5, 5.41) is 118. The molecule has 648 valence electrons. The van der Waals surface area contributed by atoms with Crippen molar-refractivity contribution in [2.24, 2.45) is 0 Å². The van der Waals surface area contributed by atoms with Crippen molar-refractivity contribution in [3.63, 3.8) is 0 Å². The molecule has 32 heteroatoms. The van der Waals surface area contributed by atoms with Gasteiger partial charge in [0, 0.05) is 68.5 Å². The first-order valence-electron chi connectivity index (χ1n) is 39.7. The third-order valence-electron chi connectivity index (χ3n) is 19.8. The molecule has 30 atom stereocenters. The molecule has 0 aliphatic carbocycles. The molecule has 113 heavy (non-hydrogen) atoms. The lowest BCUT2D eigenvalue weighted by Gasteiger charge is -2.44. The van der Waals surface area contributed by atoms with E-state index in [-0.39, 0.29) is 110 Å². The van der Waals surface area contributed by atoms with Gasteiger partial charge in [-0.25, -0.2) is 4.79 Å². The molecule has 6 saturated heterocycles. The number of allylic oxidation sites excluding steroid dienone is 4. The fourth-order valence-corrected chi connectivity index (χ4v) is 12.6. The molecule has 2 aromatic rings. The van der Waals surface area contributed by atoms with Crippen LogP contribution in [-0.2, 0) is 85.6 Å². The minimum Gasteiger partial charge on any atom is -0.456 e. The lowest BCUT2D eigenvalue weighted by atomic mass is 9.98. The van der Waals surface area contributed by atoms with Crippen LogP contribution in [-0.4, -0.2) is 292 Å². The van der Waals surface area contributed by atoms with Crippen molar-refractivity contribution < 1.29 is 152 Å². The average molecular weight is 1620 g/mol. The minimum absolute atomic E-state index is 0.0103. The standard InChI is InChI=1S/C21H27NO6.C18H32O10.C16H28O5.C14H24O5.C12H22O5/c1-12(23)8-9-13(2)26-21-18(24)10-19(14(3)27-21)28-20(25)16-11-22-17-7-5-4-6-15(16)17;1-8(20)4-5-9(2)25-17-12(6-11(21)10(3)26-17)27-18-16(24)15(23)14(22)13(7-19)28-18;1-11(17)8-6-4-5-7-9-12(2)20-16-15(19)10-14(18)13(3)21-16;1-9(15)6-4-5-7-10(2)18-14-13(17)8-12(16)11(3)19-14;1-7(13)4-5-8(2)16-12-11(15)6-10(14)9(3)17-12/h4-7,11,13-14,18-19,21-22,24H,8-10H2,1-3H3;9-19,21-24H,4-7H2,1-3H3;6,8,12-16,18-19H,4-5,7,9-10H2,1-3H3;4,6,10-14,16-17H,5,7-8H2,1-3H3;8-12,14-15H,4-6H2,1-3H3/b;;8-6+;6-4+;/t13-,14?,18?,19-,21-;9-,10?,11-,12?,13?,14-,15+,16?,17-,18-;12-,13?,14-,15?,16-;10-,11?,12-,13?,14-;8-,9?,10-,11?,12-/m11111/s1. The van der Waals surface area contributed by atoms with Crippen molar-refractivity contribution in [2.45, 2.75) is 397 Å². The average Bonchev–Trinajstić information content (AvgIpc) is 1.65. The van der Waals surface area contributed by atoms with Crippen LogP contribution in [0.15, 0.2) is 54.8 Å². The number of H-pyrrole nitrogens is 1. The van der Waals surface area contributed by atoms with Gasteiger partial charge in [-0.3, -0.25) is 9.59 Å². The number of aliphatic hydroxyl groups excluding tert-OH is 12. The van der Waals surface area contributed by atoms with E-state index < -0.39 is 148 Å². The number of aromatic nitrogens is 1. The number of benzene rings is 1. The van der Waals surface area contributed by atoms with E-state index in [1.165, 1.54) is 33.8 Å². The fourth-order valence-electron chi connectivity index (χ4n) is 12.6. The normalized spacial score (nSPS) is 34.0. The zero-order valence-corrected chi connectivity index (χ0v) is 68.4. The quantitative estimate of drug-likeness (QED) is 0.0245. The molecular formula is C81H133NO31. The number of aromatic amines is 1. The van der Waals surface area contributed by atoms with Gasteiger partial charge < -0.3 is 142 Å². The van der Waals surface area contributed by atoms with Crippen LogP contribution in [0.5, 0.6) is 0 Å². The number of hydrogen-bond donors (Lipinski definition) is 13. The second-order valence-corrected chi connectivity index (χ2v) is 30.7. The molecule has 12 unspecified atom stereocenters. The number of carbonyl (C=O) groups excluding carboxylic acids is 6. The van der Waals surface area contributed by atoms with Crippen LogP contribution in [0.25, 0.3) is 10.9 Å². The van der Waals surface area contributed by atoms with Gasteiger partial charge in [0.2, 0.25) is 0 Å². The van der Waals surface area contributed by atoms with Crippen LogP contribution in [0.2, 0.25) is 0 Å². The Balaban J connectivity index is 0.000000302. The Morgan fingerprint density at radius 3 is 1.26 bits per heavy atom. The summed E-state index contributed by atoms with van der Waals surface area (Å²) in [4.78, 5) is 70.2. The van der Waals surface area contributed by atoms with Gasteiger partial charge in [-0.15, -0.1) is 0 Å².